The smallest absolute Gasteiger partial charge is 0.238 e. The van der Waals surface area contributed by atoms with Gasteiger partial charge in [-0.3, -0.25) is 4.98 Å². The van der Waals surface area contributed by atoms with E-state index in [1.165, 1.54) is 12.1 Å². The van der Waals surface area contributed by atoms with Crippen LogP contribution in [0.2, 0.25) is 0 Å². The van der Waals surface area contributed by atoms with E-state index in [2.05, 4.69) is 10.3 Å². The highest BCUT2D eigenvalue weighted by Crippen LogP contribution is 2.12. The van der Waals surface area contributed by atoms with Crippen molar-refractivity contribution in [3.05, 3.63) is 54.4 Å². The molecule has 0 unspecified atom stereocenters. The number of benzene rings is 1. The summed E-state index contributed by atoms with van der Waals surface area (Å²) in [7, 11) is -3.62. The van der Waals surface area contributed by atoms with E-state index in [0.717, 1.165) is 24.2 Å². The van der Waals surface area contributed by atoms with E-state index in [1.807, 2.05) is 18.3 Å². The van der Waals surface area contributed by atoms with Crippen LogP contribution in [0, 0.1) is 0 Å². The maximum absolute atomic E-state index is 11.1. The van der Waals surface area contributed by atoms with Gasteiger partial charge in [0.1, 0.15) is 0 Å². The van der Waals surface area contributed by atoms with Gasteiger partial charge in [-0.25, -0.2) is 13.6 Å². The second-order valence-corrected chi connectivity index (χ2v) is 5.67. The molecule has 1 heterocycles. The third-order valence-corrected chi connectivity index (χ3v) is 3.58. The Labute approximate surface area is 112 Å². The highest BCUT2D eigenvalue weighted by molar-refractivity contribution is 7.89. The Morgan fingerprint density at radius 2 is 1.89 bits per heavy atom. The Kier molecular flexibility index (Phi) is 4.13. The minimum atomic E-state index is -3.62. The number of sulfonamides is 1. The lowest BCUT2D eigenvalue weighted by molar-refractivity contribution is 0.598. The summed E-state index contributed by atoms with van der Waals surface area (Å²) in [6.45, 7) is 0.750. The lowest BCUT2D eigenvalue weighted by Gasteiger charge is -2.07. The summed E-state index contributed by atoms with van der Waals surface area (Å²) in [4.78, 5) is 4.16. The number of hydrogen-bond acceptors (Lipinski definition) is 4. The molecule has 1 aromatic heterocycles. The number of nitrogens with zero attached hydrogens (tertiary/aromatic N) is 1. The monoisotopic (exact) mass is 277 g/mol. The predicted molar refractivity (Wildman–Crippen MR) is 74.2 cm³/mol. The van der Waals surface area contributed by atoms with E-state index in [4.69, 9.17) is 5.14 Å². The van der Waals surface area contributed by atoms with Crippen LogP contribution in [0.25, 0.3) is 0 Å². The number of aromatic nitrogens is 1. The number of nitrogens with two attached hydrogens (primary N) is 1. The van der Waals surface area contributed by atoms with Crippen molar-refractivity contribution >= 4 is 15.7 Å². The fraction of sp³-hybridized carbons (Fsp3) is 0.154. The van der Waals surface area contributed by atoms with Crippen molar-refractivity contribution in [1.29, 1.82) is 0 Å². The summed E-state index contributed by atoms with van der Waals surface area (Å²) in [5.74, 6) is 0. The molecule has 3 N–H and O–H groups in total. The van der Waals surface area contributed by atoms with Crippen molar-refractivity contribution in [1.82, 2.24) is 4.98 Å². The van der Waals surface area contributed by atoms with Crippen molar-refractivity contribution < 1.29 is 8.42 Å². The molecule has 0 aliphatic heterocycles. The van der Waals surface area contributed by atoms with Gasteiger partial charge in [-0.15, -0.1) is 0 Å². The Morgan fingerprint density at radius 3 is 2.47 bits per heavy atom. The molecule has 19 heavy (non-hydrogen) atoms. The molecule has 2 aromatic rings. The van der Waals surface area contributed by atoms with Gasteiger partial charge in [0.2, 0.25) is 10.0 Å². The Hall–Kier alpha value is -1.92. The van der Waals surface area contributed by atoms with Crippen LogP contribution in [0.3, 0.4) is 0 Å². The van der Waals surface area contributed by atoms with Gasteiger partial charge in [-0.2, -0.15) is 0 Å². The molecule has 0 atom stereocenters. The van der Waals surface area contributed by atoms with Crippen molar-refractivity contribution in [2.45, 2.75) is 11.3 Å². The zero-order chi connectivity index (χ0) is 13.7. The largest absolute Gasteiger partial charge is 0.385 e. The van der Waals surface area contributed by atoms with Crippen LogP contribution in [-0.4, -0.2) is 19.9 Å². The molecule has 0 aliphatic carbocycles. The molecule has 100 valence electrons. The Bertz CT molecular complexity index is 625. The molecule has 0 amide bonds. The predicted octanol–water partition coefficient (Wildman–Crippen LogP) is 1.38. The zero-order valence-corrected chi connectivity index (χ0v) is 11.1. The molecule has 0 fully saturated rings. The minimum absolute atomic E-state index is 0.116. The van der Waals surface area contributed by atoms with Gasteiger partial charge < -0.3 is 5.32 Å². The highest BCUT2D eigenvalue weighted by Gasteiger charge is 2.06. The maximum Gasteiger partial charge on any atom is 0.238 e. The highest BCUT2D eigenvalue weighted by atomic mass is 32.2. The second kappa shape index (κ2) is 5.81. The summed E-state index contributed by atoms with van der Waals surface area (Å²) in [5, 5.41) is 8.24. The van der Waals surface area contributed by atoms with Crippen LogP contribution in [-0.2, 0) is 16.4 Å². The first-order chi connectivity index (χ1) is 9.05. The summed E-state index contributed by atoms with van der Waals surface area (Å²) >= 11 is 0. The fourth-order valence-electron chi connectivity index (χ4n) is 1.66. The average molecular weight is 277 g/mol. The van der Waals surface area contributed by atoms with E-state index in [-0.39, 0.29) is 4.90 Å². The fourth-order valence-corrected chi connectivity index (χ4v) is 2.18. The lowest BCUT2D eigenvalue weighted by atomic mass is 10.2. The normalized spacial score (nSPS) is 11.2. The van der Waals surface area contributed by atoms with Gasteiger partial charge in [-0.05, 0) is 42.3 Å². The maximum atomic E-state index is 11.1. The number of nitrogens with one attached hydrogen (secondary N) is 1. The molecular weight excluding hydrogens is 262 g/mol. The zero-order valence-electron chi connectivity index (χ0n) is 10.3. The van der Waals surface area contributed by atoms with Crippen LogP contribution in [0.5, 0.6) is 0 Å². The van der Waals surface area contributed by atoms with Crippen LogP contribution in [0.1, 0.15) is 5.56 Å². The first-order valence-corrected chi connectivity index (χ1v) is 7.36. The van der Waals surface area contributed by atoms with Gasteiger partial charge >= 0.3 is 0 Å². The average Bonchev–Trinajstić information content (AvgIpc) is 2.39. The van der Waals surface area contributed by atoms with Gasteiger partial charge in [0, 0.05) is 24.6 Å². The van der Waals surface area contributed by atoms with Crippen LogP contribution < -0.4 is 10.5 Å². The molecule has 0 spiro atoms. The number of primary sulfonamides is 1. The van der Waals surface area contributed by atoms with Gasteiger partial charge in [0.15, 0.2) is 0 Å². The molecule has 0 saturated heterocycles. The SMILES string of the molecule is NS(=O)(=O)c1ccc(NCCc2cccnc2)cc1. The number of rotatable bonds is 5. The molecule has 5 nitrogen and oxygen atoms in total. The first kappa shape index (κ1) is 13.5. The minimum Gasteiger partial charge on any atom is -0.385 e. The third-order valence-electron chi connectivity index (χ3n) is 2.65. The molecular formula is C13H15N3O2S. The van der Waals surface area contributed by atoms with E-state index < -0.39 is 10.0 Å². The van der Waals surface area contributed by atoms with Crippen LogP contribution >= 0.6 is 0 Å². The molecule has 6 heteroatoms. The molecule has 0 saturated carbocycles. The van der Waals surface area contributed by atoms with Crippen LogP contribution in [0.15, 0.2) is 53.7 Å². The van der Waals surface area contributed by atoms with Gasteiger partial charge in [0.25, 0.3) is 0 Å². The summed E-state index contributed by atoms with van der Waals surface area (Å²) in [6, 6.07) is 10.3. The van der Waals surface area contributed by atoms with Crippen LogP contribution in [0.4, 0.5) is 5.69 Å². The first-order valence-electron chi connectivity index (χ1n) is 5.81. The van der Waals surface area contributed by atoms with Gasteiger partial charge in [-0.1, -0.05) is 6.07 Å². The van der Waals surface area contributed by atoms with E-state index in [0.29, 0.717) is 0 Å². The Morgan fingerprint density at radius 1 is 1.16 bits per heavy atom. The van der Waals surface area contributed by atoms with E-state index in [9.17, 15) is 8.42 Å². The second-order valence-electron chi connectivity index (χ2n) is 4.11. The molecule has 0 aliphatic rings. The van der Waals surface area contributed by atoms with E-state index >= 15 is 0 Å². The molecule has 0 radical (unpaired) electrons. The van der Waals surface area contributed by atoms with E-state index in [1.54, 1.807) is 18.3 Å². The number of pyridine rings is 1. The number of anilines is 1. The summed E-state index contributed by atoms with van der Waals surface area (Å²) < 4.78 is 22.2. The van der Waals surface area contributed by atoms with Gasteiger partial charge in [0.05, 0.1) is 4.90 Å². The molecule has 1 aromatic carbocycles. The summed E-state index contributed by atoms with van der Waals surface area (Å²) in [5.41, 5.74) is 2.01. The number of hydrogen-bond donors (Lipinski definition) is 2. The van der Waals surface area contributed by atoms with Crippen molar-refractivity contribution in [2.75, 3.05) is 11.9 Å². The summed E-state index contributed by atoms with van der Waals surface area (Å²) in [6.07, 6.45) is 4.42. The third kappa shape index (κ3) is 4.04. The Balaban J connectivity index is 1.90. The van der Waals surface area contributed by atoms with Crippen molar-refractivity contribution in [3.63, 3.8) is 0 Å². The molecule has 2 rings (SSSR count). The molecule has 0 bridgehead atoms. The van der Waals surface area contributed by atoms with Crippen molar-refractivity contribution in [3.8, 4) is 0 Å². The lowest BCUT2D eigenvalue weighted by Crippen LogP contribution is -2.12. The topological polar surface area (TPSA) is 85.1 Å². The standard InChI is InChI=1S/C13H15N3O2S/c14-19(17,18)13-5-3-12(4-6-13)16-9-7-11-2-1-8-15-10-11/h1-6,8,10,16H,7,9H2,(H2,14,17,18). The van der Waals surface area contributed by atoms with Crippen molar-refractivity contribution in [2.24, 2.45) is 5.14 Å². The quantitative estimate of drug-likeness (QED) is 0.864.